The van der Waals surface area contributed by atoms with Crippen LogP contribution in [-0.4, -0.2) is 16.1 Å². The molecule has 0 aromatic carbocycles. The second kappa shape index (κ2) is 5.10. The Kier molecular flexibility index (Phi) is 4.07. The molecular weight excluding hydrogens is 246 g/mol. The van der Waals surface area contributed by atoms with Gasteiger partial charge in [0.25, 0.3) is 0 Å². The average Bonchev–Trinajstić information content (AvgIpc) is 2.10. The molecule has 0 amide bonds. The fourth-order valence-electron chi connectivity index (χ4n) is 1.13. The number of rotatable bonds is 4. The third kappa shape index (κ3) is 3.46. The fourth-order valence-corrected chi connectivity index (χ4v) is 1.52. The number of aryl methyl sites for hydroxylation is 2. The lowest BCUT2D eigenvalue weighted by atomic mass is 10.1. The second-order valence-corrected chi connectivity index (χ2v) is 4.01. The normalized spacial score (nSPS) is 10.1. The molecule has 1 aromatic heterocycles. The van der Waals surface area contributed by atoms with Crippen molar-refractivity contribution in [3.63, 3.8) is 0 Å². The van der Waals surface area contributed by atoms with Gasteiger partial charge in [-0.15, -0.1) is 0 Å². The van der Waals surface area contributed by atoms with Gasteiger partial charge in [-0.2, -0.15) is 0 Å². The highest BCUT2D eigenvalue weighted by molar-refractivity contribution is 9.10. The molecule has 14 heavy (non-hydrogen) atoms. The topological polar surface area (TPSA) is 50.2 Å². The summed E-state index contributed by atoms with van der Waals surface area (Å²) >= 11 is 3.39. The summed E-state index contributed by atoms with van der Waals surface area (Å²) in [5, 5.41) is 8.47. The number of nitrogens with zero attached hydrogens (tertiary/aromatic N) is 1. The fraction of sp³-hybridized carbons (Fsp3) is 0.400. The number of aromatic nitrogens is 1. The Bertz CT molecular complexity index is 339. The molecule has 4 heteroatoms. The van der Waals surface area contributed by atoms with Crippen molar-refractivity contribution in [1.29, 1.82) is 0 Å². The predicted octanol–water partition coefficient (Wildman–Crippen LogP) is 2.56. The van der Waals surface area contributed by atoms with E-state index in [2.05, 4.69) is 20.9 Å². The van der Waals surface area contributed by atoms with Crippen LogP contribution in [0, 0.1) is 6.92 Å². The van der Waals surface area contributed by atoms with E-state index < -0.39 is 5.97 Å². The third-order valence-corrected chi connectivity index (χ3v) is 2.74. The van der Waals surface area contributed by atoms with Crippen molar-refractivity contribution in [1.82, 2.24) is 4.98 Å². The number of carbonyl (C=O) groups is 1. The molecule has 0 spiro atoms. The maximum atomic E-state index is 10.3. The molecular formula is C10H12BrNO2. The van der Waals surface area contributed by atoms with E-state index in [-0.39, 0.29) is 6.42 Å². The summed E-state index contributed by atoms with van der Waals surface area (Å²) in [5.74, 6) is -0.746. The Morgan fingerprint density at radius 2 is 2.36 bits per heavy atom. The molecule has 0 radical (unpaired) electrons. The van der Waals surface area contributed by atoms with Crippen LogP contribution >= 0.6 is 15.9 Å². The first kappa shape index (κ1) is 11.2. The molecule has 0 aliphatic heterocycles. The SMILES string of the molecule is Cc1ncc(CCCC(=O)O)cc1Br. The first-order valence-electron chi connectivity index (χ1n) is 4.42. The maximum absolute atomic E-state index is 10.3. The first-order valence-corrected chi connectivity index (χ1v) is 5.21. The van der Waals surface area contributed by atoms with E-state index in [9.17, 15) is 4.79 Å². The molecule has 0 saturated heterocycles. The number of carboxylic acids is 1. The van der Waals surface area contributed by atoms with Gasteiger partial charge in [-0.05, 0) is 47.3 Å². The van der Waals surface area contributed by atoms with Gasteiger partial charge < -0.3 is 5.11 Å². The maximum Gasteiger partial charge on any atom is 0.303 e. The van der Waals surface area contributed by atoms with Gasteiger partial charge in [0.05, 0.1) is 5.69 Å². The Balaban J connectivity index is 2.51. The van der Waals surface area contributed by atoms with Crippen LogP contribution in [0.5, 0.6) is 0 Å². The largest absolute Gasteiger partial charge is 0.481 e. The molecule has 0 saturated carbocycles. The minimum atomic E-state index is -0.746. The summed E-state index contributed by atoms with van der Waals surface area (Å²) in [6.07, 6.45) is 3.43. The van der Waals surface area contributed by atoms with Crippen molar-refractivity contribution in [2.75, 3.05) is 0 Å². The van der Waals surface area contributed by atoms with Crippen molar-refractivity contribution in [2.45, 2.75) is 26.2 Å². The number of halogens is 1. The summed E-state index contributed by atoms with van der Waals surface area (Å²) in [6, 6.07) is 1.99. The summed E-state index contributed by atoms with van der Waals surface area (Å²) in [5.41, 5.74) is 2.02. The van der Waals surface area contributed by atoms with Gasteiger partial charge in [-0.25, -0.2) is 0 Å². The van der Waals surface area contributed by atoms with E-state index in [4.69, 9.17) is 5.11 Å². The van der Waals surface area contributed by atoms with E-state index in [1.807, 2.05) is 13.0 Å². The second-order valence-electron chi connectivity index (χ2n) is 3.16. The van der Waals surface area contributed by atoms with Crippen LogP contribution in [0.2, 0.25) is 0 Å². The van der Waals surface area contributed by atoms with Gasteiger partial charge in [0.15, 0.2) is 0 Å². The van der Waals surface area contributed by atoms with E-state index in [1.54, 1.807) is 6.20 Å². The van der Waals surface area contributed by atoms with Gasteiger partial charge in [0.1, 0.15) is 0 Å². The zero-order valence-corrected chi connectivity index (χ0v) is 9.54. The van der Waals surface area contributed by atoms with Crippen LogP contribution in [-0.2, 0) is 11.2 Å². The van der Waals surface area contributed by atoms with Crippen LogP contribution in [0.4, 0.5) is 0 Å². The first-order chi connectivity index (χ1) is 6.59. The molecule has 76 valence electrons. The number of hydrogen-bond donors (Lipinski definition) is 1. The number of aliphatic carboxylic acids is 1. The number of carboxylic acid groups (broad SMARTS) is 1. The van der Waals surface area contributed by atoms with Crippen LogP contribution in [0.1, 0.15) is 24.1 Å². The lowest BCUT2D eigenvalue weighted by Crippen LogP contribution is -1.96. The standard InChI is InChI=1S/C10H12BrNO2/c1-7-9(11)5-8(6-12-7)3-2-4-10(13)14/h5-6H,2-4H2,1H3,(H,13,14). The van der Waals surface area contributed by atoms with Gasteiger partial charge >= 0.3 is 5.97 Å². The summed E-state index contributed by atoms with van der Waals surface area (Å²) < 4.78 is 0.977. The lowest BCUT2D eigenvalue weighted by molar-refractivity contribution is -0.137. The molecule has 0 atom stereocenters. The van der Waals surface area contributed by atoms with Crippen molar-refractivity contribution >= 4 is 21.9 Å². The molecule has 1 rings (SSSR count). The summed E-state index contributed by atoms with van der Waals surface area (Å²) in [7, 11) is 0. The van der Waals surface area contributed by atoms with Gasteiger partial charge in [-0.3, -0.25) is 9.78 Å². The molecule has 0 fully saturated rings. The molecule has 3 nitrogen and oxygen atoms in total. The molecule has 0 aliphatic rings. The van der Waals surface area contributed by atoms with Gasteiger partial charge in [0.2, 0.25) is 0 Å². The summed E-state index contributed by atoms with van der Waals surface area (Å²) in [4.78, 5) is 14.5. The molecule has 1 heterocycles. The molecule has 0 unspecified atom stereocenters. The highest BCUT2D eigenvalue weighted by Gasteiger charge is 2.01. The van der Waals surface area contributed by atoms with E-state index in [1.165, 1.54) is 0 Å². The van der Waals surface area contributed by atoms with Crippen LogP contribution in [0.25, 0.3) is 0 Å². The molecule has 1 aromatic rings. The van der Waals surface area contributed by atoms with Gasteiger partial charge in [0, 0.05) is 17.1 Å². The van der Waals surface area contributed by atoms with Crippen molar-refractivity contribution in [3.8, 4) is 0 Å². The van der Waals surface area contributed by atoms with E-state index >= 15 is 0 Å². The Morgan fingerprint density at radius 3 is 2.93 bits per heavy atom. The number of pyridine rings is 1. The smallest absolute Gasteiger partial charge is 0.303 e. The quantitative estimate of drug-likeness (QED) is 0.902. The third-order valence-electron chi connectivity index (χ3n) is 1.94. The minimum absolute atomic E-state index is 0.214. The zero-order chi connectivity index (χ0) is 10.6. The highest BCUT2D eigenvalue weighted by atomic mass is 79.9. The number of hydrogen-bond acceptors (Lipinski definition) is 2. The highest BCUT2D eigenvalue weighted by Crippen LogP contribution is 2.16. The van der Waals surface area contributed by atoms with Crippen molar-refractivity contribution in [2.24, 2.45) is 0 Å². The minimum Gasteiger partial charge on any atom is -0.481 e. The Morgan fingerprint density at radius 1 is 1.64 bits per heavy atom. The van der Waals surface area contributed by atoms with Crippen LogP contribution in [0.3, 0.4) is 0 Å². The van der Waals surface area contributed by atoms with Crippen LogP contribution in [0.15, 0.2) is 16.7 Å². The lowest BCUT2D eigenvalue weighted by Gasteiger charge is -2.02. The molecule has 1 N–H and O–H groups in total. The summed E-state index contributed by atoms with van der Waals surface area (Å²) in [6.45, 7) is 1.92. The van der Waals surface area contributed by atoms with Crippen LogP contribution < -0.4 is 0 Å². The molecule has 0 bridgehead atoms. The van der Waals surface area contributed by atoms with Crippen molar-refractivity contribution < 1.29 is 9.90 Å². The monoisotopic (exact) mass is 257 g/mol. The van der Waals surface area contributed by atoms with Crippen molar-refractivity contribution in [3.05, 3.63) is 28.0 Å². The van der Waals surface area contributed by atoms with E-state index in [0.29, 0.717) is 6.42 Å². The average molecular weight is 258 g/mol. The Hall–Kier alpha value is -0.900. The predicted molar refractivity (Wildman–Crippen MR) is 57.2 cm³/mol. The Labute approximate surface area is 91.3 Å². The molecule has 0 aliphatic carbocycles. The van der Waals surface area contributed by atoms with E-state index in [0.717, 1.165) is 22.2 Å². The van der Waals surface area contributed by atoms with Gasteiger partial charge in [-0.1, -0.05) is 0 Å². The zero-order valence-electron chi connectivity index (χ0n) is 7.96.